The fourth-order valence-electron chi connectivity index (χ4n) is 4.14. The SMILES string of the molecule is CCOc1ccc(C2C(C(=O)c3cc4cc(Br)ccc4o3)=C(O)C(=O)N2Cc2ccco2)cc1. The Hall–Kier alpha value is -3.78. The van der Waals surface area contributed by atoms with Crippen molar-refractivity contribution in [2.75, 3.05) is 6.61 Å². The van der Waals surface area contributed by atoms with Gasteiger partial charge in [-0.1, -0.05) is 28.1 Å². The topological polar surface area (TPSA) is 93.1 Å². The molecule has 1 atom stereocenters. The van der Waals surface area contributed by atoms with Crippen molar-refractivity contribution in [3.8, 4) is 5.75 Å². The van der Waals surface area contributed by atoms with Gasteiger partial charge in [0, 0.05) is 9.86 Å². The number of nitrogens with zero attached hydrogens (tertiary/aromatic N) is 1. The molecule has 34 heavy (non-hydrogen) atoms. The summed E-state index contributed by atoms with van der Waals surface area (Å²) in [5.41, 5.74) is 1.13. The first kappa shape index (κ1) is 22.0. The van der Waals surface area contributed by atoms with Gasteiger partial charge in [0.05, 0.1) is 31.0 Å². The number of aliphatic hydroxyl groups excluding tert-OH is 1. The number of furan rings is 2. The zero-order chi connectivity index (χ0) is 23.8. The second kappa shape index (κ2) is 8.87. The van der Waals surface area contributed by atoms with Crippen molar-refractivity contribution in [1.29, 1.82) is 0 Å². The number of rotatable bonds is 7. The molecule has 1 aliphatic rings. The summed E-state index contributed by atoms with van der Waals surface area (Å²) in [6.07, 6.45) is 1.51. The van der Waals surface area contributed by atoms with E-state index < -0.39 is 23.5 Å². The molecule has 0 saturated carbocycles. The van der Waals surface area contributed by atoms with Crippen LogP contribution in [0.5, 0.6) is 5.75 Å². The van der Waals surface area contributed by atoms with E-state index in [9.17, 15) is 14.7 Å². The second-order valence-electron chi connectivity index (χ2n) is 7.80. The molecule has 1 aliphatic heterocycles. The molecule has 0 fully saturated rings. The Morgan fingerprint density at radius 3 is 2.65 bits per heavy atom. The Morgan fingerprint density at radius 1 is 1.15 bits per heavy atom. The molecule has 2 aromatic carbocycles. The van der Waals surface area contributed by atoms with Crippen LogP contribution in [0.3, 0.4) is 0 Å². The van der Waals surface area contributed by atoms with Crippen molar-refractivity contribution >= 4 is 38.6 Å². The van der Waals surface area contributed by atoms with Gasteiger partial charge in [-0.2, -0.15) is 0 Å². The van der Waals surface area contributed by atoms with Gasteiger partial charge in [0.15, 0.2) is 11.5 Å². The highest BCUT2D eigenvalue weighted by atomic mass is 79.9. The lowest BCUT2D eigenvalue weighted by Crippen LogP contribution is -2.30. The van der Waals surface area contributed by atoms with Gasteiger partial charge in [0.2, 0.25) is 5.78 Å². The molecule has 5 rings (SSSR count). The van der Waals surface area contributed by atoms with Crippen LogP contribution in [-0.4, -0.2) is 28.3 Å². The van der Waals surface area contributed by atoms with E-state index in [1.54, 1.807) is 48.5 Å². The maximum Gasteiger partial charge on any atom is 0.290 e. The lowest BCUT2D eigenvalue weighted by Gasteiger charge is -2.26. The third-order valence-corrected chi connectivity index (χ3v) is 6.16. The first-order chi connectivity index (χ1) is 16.5. The summed E-state index contributed by atoms with van der Waals surface area (Å²) in [6.45, 7) is 2.48. The number of carbonyl (C=O) groups is 2. The fraction of sp³-hybridized carbons (Fsp3) is 0.154. The summed E-state index contributed by atoms with van der Waals surface area (Å²) in [6, 6.07) is 16.7. The van der Waals surface area contributed by atoms with Crippen molar-refractivity contribution in [1.82, 2.24) is 4.90 Å². The minimum atomic E-state index is -0.833. The highest BCUT2D eigenvalue weighted by molar-refractivity contribution is 9.10. The van der Waals surface area contributed by atoms with Crippen LogP contribution in [0.25, 0.3) is 11.0 Å². The van der Waals surface area contributed by atoms with Gasteiger partial charge >= 0.3 is 0 Å². The van der Waals surface area contributed by atoms with Gasteiger partial charge in [-0.3, -0.25) is 9.59 Å². The molecular formula is C26H20BrNO6. The summed E-state index contributed by atoms with van der Waals surface area (Å²) in [4.78, 5) is 28.1. The van der Waals surface area contributed by atoms with E-state index in [-0.39, 0.29) is 17.9 Å². The zero-order valence-electron chi connectivity index (χ0n) is 18.2. The minimum Gasteiger partial charge on any atom is -0.503 e. The molecule has 0 radical (unpaired) electrons. The Balaban J connectivity index is 1.58. The number of carbonyl (C=O) groups excluding carboxylic acids is 2. The number of ketones is 1. The number of Topliss-reactive ketones (excluding diaryl/α,β-unsaturated/α-hetero) is 1. The van der Waals surface area contributed by atoms with Crippen LogP contribution in [0, 0.1) is 0 Å². The van der Waals surface area contributed by atoms with E-state index in [0.717, 1.165) is 9.86 Å². The molecule has 0 bridgehead atoms. The van der Waals surface area contributed by atoms with Crippen LogP contribution in [0.1, 0.15) is 34.8 Å². The highest BCUT2D eigenvalue weighted by Gasteiger charge is 2.44. The number of hydrogen-bond acceptors (Lipinski definition) is 6. The molecule has 0 aliphatic carbocycles. The monoisotopic (exact) mass is 521 g/mol. The van der Waals surface area contributed by atoms with Crippen molar-refractivity contribution in [3.05, 3.63) is 99.8 Å². The largest absolute Gasteiger partial charge is 0.503 e. The van der Waals surface area contributed by atoms with E-state index >= 15 is 0 Å². The van der Waals surface area contributed by atoms with Gasteiger partial charge in [-0.05, 0) is 61.0 Å². The predicted molar refractivity (Wildman–Crippen MR) is 128 cm³/mol. The third-order valence-electron chi connectivity index (χ3n) is 5.66. The first-order valence-corrected chi connectivity index (χ1v) is 11.5. The van der Waals surface area contributed by atoms with Gasteiger partial charge in [0.1, 0.15) is 17.1 Å². The standard InChI is InChI=1S/C26H20BrNO6/c1-2-32-18-8-5-15(6-9-18)23-22(25(30)26(31)28(23)14-19-4-3-11-33-19)24(29)21-13-16-12-17(27)7-10-20(16)34-21/h3-13,23,30H,2,14H2,1H3. The molecule has 1 amide bonds. The lowest BCUT2D eigenvalue weighted by atomic mass is 9.95. The Bertz CT molecular complexity index is 1400. The molecule has 4 aromatic rings. The molecule has 172 valence electrons. The maximum atomic E-state index is 13.6. The first-order valence-electron chi connectivity index (χ1n) is 10.7. The molecule has 0 saturated heterocycles. The van der Waals surface area contributed by atoms with Gasteiger partial charge in [0.25, 0.3) is 5.91 Å². The number of benzene rings is 2. The number of ether oxygens (including phenoxy) is 1. The molecule has 1 N–H and O–H groups in total. The van der Waals surface area contributed by atoms with Crippen LogP contribution in [0.15, 0.2) is 91.6 Å². The summed E-state index contributed by atoms with van der Waals surface area (Å²) >= 11 is 3.41. The number of aliphatic hydroxyl groups is 1. The van der Waals surface area contributed by atoms with Crippen molar-refractivity contribution < 1.29 is 28.3 Å². The average molecular weight is 522 g/mol. The third kappa shape index (κ3) is 3.90. The summed E-state index contributed by atoms with van der Waals surface area (Å²) in [7, 11) is 0. The molecule has 3 heterocycles. The summed E-state index contributed by atoms with van der Waals surface area (Å²) in [5.74, 6) is -0.580. The number of fused-ring (bicyclic) bond motifs is 1. The van der Waals surface area contributed by atoms with E-state index in [4.69, 9.17) is 13.6 Å². The lowest BCUT2D eigenvalue weighted by molar-refractivity contribution is -0.130. The van der Waals surface area contributed by atoms with Crippen LogP contribution in [0.4, 0.5) is 0 Å². The number of hydrogen-bond donors (Lipinski definition) is 1. The highest BCUT2D eigenvalue weighted by Crippen LogP contribution is 2.41. The number of halogens is 1. The molecule has 2 aromatic heterocycles. The predicted octanol–water partition coefficient (Wildman–Crippen LogP) is 5.97. The fourth-order valence-corrected chi connectivity index (χ4v) is 4.52. The van der Waals surface area contributed by atoms with Crippen molar-refractivity contribution in [3.63, 3.8) is 0 Å². The maximum absolute atomic E-state index is 13.6. The molecule has 0 spiro atoms. The van der Waals surface area contributed by atoms with Crippen molar-refractivity contribution in [2.24, 2.45) is 0 Å². The van der Waals surface area contributed by atoms with Crippen LogP contribution in [-0.2, 0) is 11.3 Å². The average Bonchev–Trinajstić information content (AvgIpc) is 3.55. The second-order valence-corrected chi connectivity index (χ2v) is 8.72. The molecule has 8 heteroatoms. The number of amides is 1. The van der Waals surface area contributed by atoms with E-state index in [1.807, 2.05) is 19.1 Å². The minimum absolute atomic E-state index is 0.0400. The summed E-state index contributed by atoms with van der Waals surface area (Å²) in [5, 5.41) is 11.6. The molecule has 1 unspecified atom stereocenters. The zero-order valence-corrected chi connectivity index (χ0v) is 19.7. The van der Waals surface area contributed by atoms with Gasteiger partial charge < -0.3 is 23.6 Å². The van der Waals surface area contributed by atoms with Crippen LogP contribution >= 0.6 is 15.9 Å². The van der Waals surface area contributed by atoms with Gasteiger partial charge in [-0.25, -0.2) is 0 Å². The Kier molecular flexibility index (Phi) is 5.75. The van der Waals surface area contributed by atoms with E-state index in [2.05, 4.69) is 15.9 Å². The van der Waals surface area contributed by atoms with Crippen molar-refractivity contribution in [2.45, 2.75) is 19.5 Å². The normalized spacial score (nSPS) is 16.0. The quantitative estimate of drug-likeness (QED) is 0.301. The smallest absolute Gasteiger partial charge is 0.290 e. The Morgan fingerprint density at radius 2 is 1.94 bits per heavy atom. The van der Waals surface area contributed by atoms with Crippen LogP contribution < -0.4 is 4.74 Å². The Labute approximate surface area is 203 Å². The van der Waals surface area contributed by atoms with Gasteiger partial charge in [-0.15, -0.1) is 0 Å². The van der Waals surface area contributed by atoms with E-state index in [0.29, 0.717) is 29.3 Å². The molecular weight excluding hydrogens is 502 g/mol. The summed E-state index contributed by atoms with van der Waals surface area (Å²) < 4.78 is 17.6. The molecule has 7 nitrogen and oxygen atoms in total. The van der Waals surface area contributed by atoms with E-state index in [1.165, 1.54) is 11.2 Å². The van der Waals surface area contributed by atoms with Crippen LogP contribution in [0.2, 0.25) is 0 Å².